The van der Waals surface area contributed by atoms with Gasteiger partial charge in [0, 0.05) is 23.3 Å². The van der Waals surface area contributed by atoms with Crippen LogP contribution in [-0.2, 0) is 22.7 Å². The van der Waals surface area contributed by atoms with Crippen LogP contribution in [0.1, 0.15) is 17.9 Å². The Hall–Kier alpha value is -3.90. The molecule has 5 rings (SSSR count). The smallest absolute Gasteiger partial charge is 0.174 e. The van der Waals surface area contributed by atoms with Crippen LogP contribution in [0.25, 0.3) is 22.5 Å². The van der Waals surface area contributed by atoms with Crippen molar-refractivity contribution in [1.82, 2.24) is 10.3 Å². The maximum Gasteiger partial charge on any atom is 0.174 e. The van der Waals surface area contributed by atoms with E-state index in [1.807, 2.05) is 91.0 Å². The topological polar surface area (TPSA) is 70.5 Å². The molecule has 0 radical (unpaired) electrons. The van der Waals surface area contributed by atoms with Gasteiger partial charge >= 0.3 is 0 Å². The number of hydrogen-bond acceptors (Lipinski definition) is 6. The molecule has 0 N–H and O–H groups in total. The van der Waals surface area contributed by atoms with Crippen LogP contribution in [-0.4, -0.2) is 16.4 Å². The summed E-state index contributed by atoms with van der Waals surface area (Å²) in [4.78, 5) is 0. The van der Waals surface area contributed by atoms with E-state index in [2.05, 4.69) is 10.3 Å². The summed E-state index contributed by atoms with van der Waals surface area (Å²) in [6.45, 7) is 0.682. The minimum absolute atomic E-state index is 0.0393. The quantitative estimate of drug-likeness (QED) is 0.347. The normalized spacial score (nSPS) is 15.5. The van der Waals surface area contributed by atoms with Crippen LogP contribution in [0.3, 0.4) is 0 Å². The molecule has 6 heteroatoms. The van der Waals surface area contributed by atoms with Crippen LogP contribution < -0.4 is 0 Å². The molecule has 0 spiro atoms. The zero-order chi connectivity index (χ0) is 21.6. The highest BCUT2D eigenvalue weighted by Gasteiger charge is 2.14. The van der Waals surface area contributed by atoms with Gasteiger partial charge in [0.05, 0.1) is 6.10 Å². The number of rotatable bonds is 8. The van der Waals surface area contributed by atoms with Gasteiger partial charge in [-0.1, -0.05) is 77.1 Å². The van der Waals surface area contributed by atoms with E-state index in [0.29, 0.717) is 24.7 Å². The summed E-state index contributed by atoms with van der Waals surface area (Å²) in [5, 5.41) is 8.23. The summed E-state index contributed by atoms with van der Waals surface area (Å²) in [6.07, 6.45) is 6.59. The van der Waals surface area contributed by atoms with E-state index in [1.165, 1.54) is 0 Å². The Kier molecular flexibility index (Phi) is 5.94. The summed E-state index contributed by atoms with van der Waals surface area (Å²) in [7, 11) is 0. The number of allylic oxidation sites excluding steroid dienone is 1. The average Bonchev–Trinajstić information content (AvgIpc) is 3.53. The molecule has 160 valence electrons. The lowest BCUT2D eigenvalue weighted by Gasteiger charge is -2.16. The van der Waals surface area contributed by atoms with Gasteiger partial charge in [-0.15, -0.1) is 0 Å². The molecule has 1 aliphatic carbocycles. The third-order valence-electron chi connectivity index (χ3n) is 5.10. The summed E-state index contributed by atoms with van der Waals surface area (Å²) >= 11 is 0. The minimum Gasteiger partial charge on any atom is -0.486 e. The molecule has 2 aromatic heterocycles. The Morgan fingerprint density at radius 3 is 1.94 bits per heavy atom. The summed E-state index contributed by atoms with van der Waals surface area (Å²) in [5.74, 6) is 2.16. The lowest BCUT2D eigenvalue weighted by molar-refractivity contribution is 0.0561. The molecule has 1 aliphatic rings. The summed E-state index contributed by atoms with van der Waals surface area (Å²) in [6, 6.07) is 23.6. The Morgan fingerprint density at radius 1 is 0.781 bits per heavy atom. The third-order valence-corrected chi connectivity index (χ3v) is 5.10. The number of aromatic nitrogens is 2. The maximum atomic E-state index is 5.93. The molecule has 1 atom stereocenters. The van der Waals surface area contributed by atoms with Crippen molar-refractivity contribution in [2.75, 3.05) is 0 Å². The van der Waals surface area contributed by atoms with E-state index in [9.17, 15) is 0 Å². The predicted molar refractivity (Wildman–Crippen MR) is 119 cm³/mol. The van der Waals surface area contributed by atoms with Crippen molar-refractivity contribution in [3.05, 3.63) is 108 Å². The van der Waals surface area contributed by atoms with Gasteiger partial charge in [0.15, 0.2) is 11.5 Å². The molecular formula is C26H22N2O4. The van der Waals surface area contributed by atoms with Crippen molar-refractivity contribution < 1.29 is 18.5 Å². The molecule has 0 aliphatic heterocycles. The lowest BCUT2D eigenvalue weighted by Crippen LogP contribution is -2.12. The first-order chi connectivity index (χ1) is 15.8. The van der Waals surface area contributed by atoms with Gasteiger partial charge in [-0.2, -0.15) is 0 Å². The van der Waals surface area contributed by atoms with Gasteiger partial charge in [-0.25, -0.2) is 0 Å². The van der Waals surface area contributed by atoms with Crippen molar-refractivity contribution in [2.24, 2.45) is 0 Å². The monoisotopic (exact) mass is 426 g/mol. The van der Waals surface area contributed by atoms with Crippen LogP contribution in [0.4, 0.5) is 0 Å². The first kappa shape index (κ1) is 20.0. The average molecular weight is 426 g/mol. The lowest BCUT2D eigenvalue weighted by atomic mass is 10.1. The zero-order valence-corrected chi connectivity index (χ0v) is 17.4. The van der Waals surface area contributed by atoms with Crippen LogP contribution >= 0.6 is 0 Å². The molecular weight excluding hydrogens is 404 g/mol. The van der Waals surface area contributed by atoms with Crippen LogP contribution in [0.15, 0.2) is 106 Å². The second kappa shape index (κ2) is 9.49. The zero-order valence-electron chi connectivity index (χ0n) is 17.4. The Morgan fingerprint density at radius 2 is 1.38 bits per heavy atom. The highest BCUT2D eigenvalue weighted by molar-refractivity contribution is 5.59. The van der Waals surface area contributed by atoms with E-state index >= 15 is 0 Å². The number of hydrogen-bond donors (Lipinski definition) is 0. The first-order valence-corrected chi connectivity index (χ1v) is 10.5. The molecule has 0 bridgehead atoms. The molecule has 0 saturated heterocycles. The number of nitrogens with zero attached hydrogens (tertiary/aromatic N) is 2. The van der Waals surface area contributed by atoms with Crippen molar-refractivity contribution >= 4 is 0 Å². The Bertz CT molecular complexity index is 1210. The largest absolute Gasteiger partial charge is 0.486 e. The summed E-state index contributed by atoms with van der Waals surface area (Å²) < 4.78 is 22.6. The molecule has 32 heavy (non-hydrogen) atoms. The van der Waals surface area contributed by atoms with Crippen LogP contribution in [0.5, 0.6) is 0 Å². The van der Waals surface area contributed by atoms with Gasteiger partial charge in [0.25, 0.3) is 0 Å². The second-order valence-electron chi connectivity index (χ2n) is 7.43. The fourth-order valence-corrected chi connectivity index (χ4v) is 3.41. The molecule has 1 unspecified atom stereocenters. The Balaban J connectivity index is 1.09. The molecule has 2 aromatic carbocycles. The van der Waals surface area contributed by atoms with Crippen molar-refractivity contribution in [3.63, 3.8) is 0 Å². The SMILES string of the molecule is C1=CC(OCc2cc(-c3ccccc3)no2)CC=C1OCc1cc(-c2ccccc2)no1. The fraction of sp³-hybridized carbons (Fsp3) is 0.154. The van der Waals surface area contributed by atoms with E-state index in [-0.39, 0.29) is 6.10 Å². The molecule has 0 saturated carbocycles. The minimum atomic E-state index is -0.0393. The summed E-state index contributed by atoms with van der Waals surface area (Å²) in [5.41, 5.74) is 3.64. The second-order valence-corrected chi connectivity index (χ2v) is 7.43. The van der Waals surface area contributed by atoms with E-state index < -0.39 is 0 Å². The molecule has 6 nitrogen and oxygen atoms in total. The number of benzene rings is 2. The van der Waals surface area contributed by atoms with Gasteiger partial charge in [-0.3, -0.25) is 0 Å². The van der Waals surface area contributed by atoms with Gasteiger partial charge in [-0.05, 0) is 18.6 Å². The van der Waals surface area contributed by atoms with Crippen LogP contribution in [0, 0.1) is 0 Å². The van der Waals surface area contributed by atoms with E-state index in [0.717, 1.165) is 34.7 Å². The van der Waals surface area contributed by atoms with Crippen LogP contribution in [0.2, 0.25) is 0 Å². The van der Waals surface area contributed by atoms with Gasteiger partial charge in [0.1, 0.15) is 30.4 Å². The fourth-order valence-electron chi connectivity index (χ4n) is 3.41. The van der Waals surface area contributed by atoms with Crippen molar-refractivity contribution in [3.8, 4) is 22.5 Å². The maximum absolute atomic E-state index is 5.93. The molecule has 0 amide bonds. The van der Waals surface area contributed by atoms with Gasteiger partial charge < -0.3 is 18.5 Å². The molecule has 4 aromatic rings. The van der Waals surface area contributed by atoms with Crippen molar-refractivity contribution in [2.45, 2.75) is 25.7 Å². The molecule has 0 fully saturated rings. The highest BCUT2D eigenvalue weighted by Crippen LogP contribution is 2.22. The highest BCUT2D eigenvalue weighted by atomic mass is 16.5. The predicted octanol–water partition coefficient (Wildman–Crippen LogP) is 5.94. The third kappa shape index (κ3) is 4.87. The van der Waals surface area contributed by atoms with E-state index in [4.69, 9.17) is 18.5 Å². The van der Waals surface area contributed by atoms with Crippen molar-refractivity contribution in [1.29, 1.82) is 0 Å². The number of ether oxygens (including phenoxy) is 2. The first-order valence-electron chi connectivity index (χ1n) is 10.5. The molecule has 2 heterocycles. The van der Waals surface area contributed by atoms with E-state index in [1.54, 1.807) is 0 Å². The standard InChI is InChI=1S/C26H22N2O4/c1-3-7-19(8-4-1)25-15-23(31-27-25)17-29-21-11-13-22(14-12-21)30-18-24-16-26(28-32-24)20-9-5-2-6-10-20/h1-13,15-16,22H,14,17-18H2. The van der Waals surface area contributed by atoms with Gasteiger partial charge in [0.2, 0.25) is 0 Å². The Labute approximate surface area is 185 Å².